The van der Waals surface area contributed by atoms with Crippen LogP contribution in [0.15, 0.2) is 24.3 Å². The maximum atomic E-state index is 12.3. The Morgan fingerprint density at radius 1 is 1.50 bits per heavy atom. The fourth-order valence-corrected chi connectivity index (χ4v) is 2.76. The fraction of sp³-hybridized carbons (Fsp3) is 0.533. The van der Waals surface area contributed by atoms with E-state index in [1.54, 1.807) is 17.0 Å². The van der Waals surface area contributed by atoms with Crippen LogP contribution < -0.4 is 10.5 Å². The van der Waals surface area contributed by atoms with Gasteiger partial charge in [-0.2, -0.15) is 0 Å². The zero-order valence-electron chi connectivity index (χ0n) is 12.6. The fourth-order valence-electron chi connectivity index (χ4n) is 2.76. The number of nitro benzene ring substituents is 1. The lowest BCUT2D eigenvalue weighted by Crippen LogP contribution is -2.50. The van der Waals surface area contributed by atoms with Gasteiger partial charge in [-0.1, -0.05) is 19.1 Å². The van der Waals surface area contributed by atoms with Crippen molar-refractivity contribution in [1.29, 1.82) is 0 Å². The van der Waals surface area contributed by atoms with E-state index >= 15 is 0 Å². The number of benzene rings is 1. The Morgan fingerprint density at radius 2 is 2.23 bits per heavy atom. The summed E-state index contributed by atoms with van der Waals surface area (Å²) >= 11 is 0. The average Bonchev–Trinajstić information content (AvgIpc) is 2.52. The Hall–Kier alpha value is -2.15. The molecular formula is C15H21N3O4. The Morgan fingerprint density at radius 3 is 2.91 bits per heavy atom. The molecule has 2 atom stereocenters. The minimum absolute atomic E-state index is 0.0191. The molecule has 1 fully saturated rings. The molecule has 0 aliphatic carbocycles. The molecule has 1 aromatic carbocycles. The summed E-state index contributed by atoms with van der Waals surface area (Å²) in [6.45, 7) is 3.01. The minimum Gasteiger partial charge on any atom is -0.477 e. The predicted octanol–water partition coefficient (Wildman–Crippen LogP) is 1.56. The lowest BCUT2D eigenvalue weighted by molar-refractivity contribution is -0.385. The number of carbonyl (C=O) groups excluding carboxylic acids is 1. The van der Waals surface area contributed by atoms with E-state index in [0.29, 0.717) is 19.0 Å². The summed E-state index contributed by atoms with van der Waals surface area (Å²) in [6.07, 6.45) is 1.82. The second-order valence-electron chi connectivity index (χ2n) is 5.62. The first kappa shape index (κ1) is 16.2. The van der Waals surface area contributed by atoms with Crippen LogP contribution in [-0.4, -0.2) is 41.5 Å². The first-order chi connectivity index (χ1) is 10.5. The lowest BCUT2D eigenvalue weighted by atomic mass is 9.92. The Labute approximate surface area is 129 Å². The monoisotopic (exact) mass is 307 g/mol. The van der Waals surface area contributed by atoms with E-state index in [0.717, 1.165) is 12.8 Å². The zero-order valence-corrected chi connectivity index (χ0v) is 12.6. The molecule has 1 aliphatic rings. The number of piperidine rings is 1. The third kappa shape index (κ3) is 3.73. The quantitative estimate of drug-likeness (QED) is 0.657. The van der Waals surface area contributed by atoms with Crippen molar-refractivity contribution >= 4 is 11.6 Å². The molecule has 7 heteroatoms. The van der Waals surface area contributed by atoms with Crippen molar-refractivity contribution in [2.75, 3.05) is 19.7 Å². The molecule has 0 radical (unpaired) electrons. The van der Waals surface area contributed by atoms with E-state index < -0.39 is 4.92 Å². The van der Waals surface area contributed by atoms with Gasteiger partial charge >= 0.3 is 5.69 Å². The highest BCUT2D eigenvalue weighted by Crippen LogP contribution is 2.26. The standard InChI is InChI=1S/C15H21N3O4/c1-11-6-7-17(12(8-11)9-16)15(19)10-22-14-5-3-2-4-13(14)18(20)21/h2-5,11-12H,6-10,16H2,1H3. The molecule has 0 saturated carbocycles. The molecule has 1 aliphatic heterocycles. The van der Waals surface area contributed by atoms with E-state index in [2.05, 4.69) is 6.92 Å². The molecule has 0 spiro atoms. The van der Waals surface area contributed by atoms with Crippen molar-refractivity contribution in [3.63, 3.8) is 0 Å². The van der Waals surface area contributed by atoms with Gasteiger partial charge in [0.15, 0.2) is 12.4 Å². The van der Waals surface area contributed by atoms with Gasteiger partial charge in [0.25, 0.3) is 5.91 Å². The number of carbonyl (C=O) groups is 1. The van der Waals surface area contributed by atoms with Gasteiger partial charge in [0.1, 0.15) is 0 Å². The van der Waals surface area contributed by atoms with Crippen LogP contribution in [0.1, 0.15) is 19.8 Å². The number of ether oxygens (including phenoxy) is 1. The molecule has 1 heterocycles. The molecule has 2 N–H and O–H groups in total. The second-order valence-corrected chi connectivity index (χ2v) is 5.62. The predicted molar refractivity (Wildman–Crippen MR) is 81.5 cm³/mol. The molecule has 0 bridgehead atoms. The van der Waals surface area contributed by atoms with Crippen LogP contribution in [0.25, 0.3) is 0 Å². The van der Waals surface area contributed by atoms with Crippen molar-refractivity contribution in [2.45, 2.75) is 25.8 Å². The smallest absolute Gasteiger partial charge is 0.310 e. The summed E-state index contributed by atoms with van der Waals surface area (Å²) in [5.74, 6) is 0.477. The number of nitrogens with two attached hydrogens (primary N) is 1. The van der Waals surface area contributed by atoms with E-state index in [1.165, 1.54) is 12.1 Å². The van der Waals surface area contributed by atoms with Gasteiger partial charge in [-0.15, -0.1) is 0 Å². The van der Waals surface area contributed by atoms with Gasteiger partial charge in [-0.3, -0.25) is 14.9 Å². The van der Waals surface area contributed by atoms with Crippen LogP contribution in [0.4, 0.5) is 5.69 Å². The van der Waals surface area contributed by atoms with Gasteiger partial charge in [-0.25, -0.2) is 0 Å². The van der Waals surface area contributed by atoms with Gasteiger partial charge in [-0.05, 0) is 24.8 Å². The number of nitrogens with zero attached hydrogens (tertiary/aromatic N) is 2. The summed E-state index contributed by atoms with van der Waals surface area (Å²) in [6, 6.07) is 6.06. The number of hydrogen-bond donors (Lipinski definition) is 1. The molecule has 22 heavy (non-hydrogen) atoms. The van der Waals surface area contributed by atoms with Crippen LogP contribution >= 0.6 is 0 Å². The molecule has 2 rings (SSSR count). The molecule has 2 unspecified atom stereocenters. The number of nitro groups is 1. The summed E-state index contributed by atoms with van der Waals surface area (Å²) in [7, 11) is 0. The molecule has 0 aromatic heterocycles. The summed E-state index contributed by atoms with van der Waals surface area (Å²) in [5, 5.41) is 10.9. The summed E-state index contributed by atoms with van der Waals surface area (Å²) in [4.78, 5) is 24.4. The SMILES string of the molecule is CC1CCN(C(=O)COc2ccccc2[N+](=O)[O-])C(CN)C1. The average molecular weight is 307 g/mol. The number of likely N-dealkylation sites (tertiary alicyclic amines) is 1. The highest BCUT2D eigenvalue weighted by Gasteiger charge is 2.29. The maximum absolute atomic E-state index is 12.3. The lowest BCUT2D eigenvalue weighted by Gasteiger charge is -2.37. The van der Waals surface area contributed by atoms with Gasteiger partial charge < -0.3 is 15.4 Å². The van der Waals surface area contributed by atoms with Crippen LogP contribution in [-0.2, 0) is 4.79 Å². The van der Waals surface area contributed by atoms with Crippen molar-refractivity contribution in [3.8, 4) is 5.75 Å². The molecule has 7 nitrogen and oxygen atoms in total. The number of hydrogen-bond acceptors (Lipinski definition) is 5. The number of para-hydroxylation sites is 2. The Bertz CT molecular complexity index is 549. The van der Waals surface area contributed by atoms with E-state index in [4.69, 9.17) is 10.5 Å². The molecule has 120 valence electrons. The van der Waals surface area contributed by atoms with Gasteiger partial charge in [0.05, 0.1) is 4.92 Å². The van der Waals surface area contributed by atoms with Crippen LogP contribution in [0, 0.1) is 16.0 Å². The molecular weight excluding hydrogens is 286 g/mol. The zero-order chi connectivity index (χ0) is 16.1. The minimum atomic E-state index is -0.523. The van der Waals surface area contributed by atoms with E-state index in [9.17, 15) is 14.9 Å². The van der Waals surface area contributed by atoms with Crippen molar-refractivity contribution in [1.82, 2.24) is 4.90 Å². The van der Waals surface area contributed by atoms with Crippen LogP contribution in [0.3, 0.4) is 0 Å². The maximum Gasteiger partial charge on any atom is 0.310 e. The highest BCUT2D eigenvalue weighted by molar-refractivity contribution is 5.78. The van der Waals surface area contributed by atoms with Gasteiger partial charge in [0.2, 0.25) is 0 Å². The summed E-state index contributed by atoms with van der Waals surface area (Å²) in [5.41, 5.74) is 5.60. The molecule has 1 amide bonds. The summed E-state index contributed by atoms with van der Waals surface area (Å²) < 4.78 is 5.36. The third-order valence-electron chi connectivity index (χ3n) is 3.98. The van der Waals surface area contributed by atoms with Crippen molar-refractivity contribution in [2.24, 2.45) is 11.7 Å². The van der Waals surface area contributed by atoms with Crippen molar-refractivity contribution < 1.29 is 14.5 Å². The van der Waals surface area contributed by atoms with Gasteiger partial charge in [0, 0.05) is 25.2 Å². The number of amides is 1. The second kappa shape index (κ2) is 7.22. The highest BCUT2D eigenvalue weighted by atomic mass is 16.6. The first-order valence-corrected chi connectivity index (χ1v) is 7.38. The van der Waals surface area contributed by atoms with E-state index in [1.807, 2.05) is 0 Å². The number of rotatable bonds is 5. The normalized spacial score (nSPS) is 21.5. The van der Waals surface area contributed by atoms with E-state index in [-0.39, 0.29) is 30.0 Å². The Kier molecular flexibility index (Phi) is 5.32. The molecule has 1 saturated heterocycles. The largest absolute Gasteiger partial charge is 0.477 e. The van der Waals surface area contributed by atoms with Crippen molar-refractivity contribution in [3.05, 3.63) is 34.4 Å². The third-order valence-corrected chi connectivity index (χ3v) is 3.98. The van der Waals surface area contributed by atoms with Crippen LogP contribution in [0.5, 0.6) is 5.75 Å². The Balaban J connectivity index is 1.99. The van der Waals surface area contributed by atoms with Crippen LogP contribution in [0.2, 0.25) is 0 Å². The topological polar surface area (TPSA) is 98.7 Å². The molecule has 1 aromatic rings. The first-order valence-electron chi connectivity index (χ1n) is 7.38.